The van der Waals surface area contributed by atoms with E-state index in [9.17, 15) is 14.4 Å². The third-order valence-corrected chi connectivity index (χ3v) is 5.01. The average Bonchev–Trinajstić information content (AvgIpc) is 3.04. The van der Waals surface area contributed by atoms with E-state index in [1.165, 1.54) is 18.3 Å². The number of rotatable bonds is 4. The summed E-state index contributed by atoms with van der Waals surface area (Å²) in [5.74, 6) is -0.135. The largest absolute Gasteiger partial charge is 0.351 e. The van der Waals surface area contributed by atoms with Gasteiger partial charge in [0.25, 0.3) is 5.91 Å². The van der Waals surface area contributed by atoms with Crippen molar-refractivity contribution in [2.45, 2.75) is 39.5 Å². The van der Waals surface area contributed by atoms with Crippen LogP contribution in [0.1, 0.15) is 49.5 Å². The fourth-order valence-electron chi connectivity index (χ4n) is 2.73. The van der Waals surface area contributed by atoms with Crippen LogP contribution in [0, 0.1) is 0 Å². The zero-order valence-electron chi connectivity index (χ0n) is 15.3. The van der Waals surface area contributed by atoms with Gasteiger partial charge in [-0.05, 0) is 0 Å². The molecule has 1 aliphatic heterocycles. The Hall–Kier alpha value is -1.96. The monoisotopic (exact) mass is 366 g/mol. The Balaban J connectivity index is 1.79. The van der Waals surface area contributed by atoms with Gasteiger partial charge in [-0.3, -0.25) is 14.4 Å². The molecule has 25 heavy (non-hydrogen) atoms. The summed E-state index contributed by atoms with van der Waals surface area (Å²) >= 11 is 1.32. The summed E-state index contributed by atoms with van der Waals surface area (Å²) in [6.07, 6.45) is 0.259. The number of carbonyl (C=O) groups is 3. The molecule has 0 saturated carbocycles. The molecule has 8 heteroatoms. The van der Waals surface area contributed by atoms with Crippen molar-refractivity contribution in [1.29, 1.82) is 0 Å². The predicted molar refractivity (Wildman–Crippen MR) is 96.6 cm³/mol. The molecule has 0 atom stereocenters. The molecule has 2 heterocycles. The first kappa shape index (κ1) is 19.4. The smallest absolute Gasteiger partial charge is 0.263 e. The van der Waals surface area contributed by atoms with Gasteiger partial charge in [0.15, 0.2) is 0 Å². The topological polar surface area (TPSA) is 82.6 Å². The summed E-state index contributed by atoms with van der Waals surface area (Å²) in [7, 11) is 0. The maximum atomic E-state index is 12.3. The summed E-state index contributed by atoms with van der Waals surface area (Å²) in [6.45, 7) is 10.1. The van der Waals surface area contributed by atoms with Crippen LogP contribution in [0.2, 0.25) is 0 Å². The number of piperazine rings is 1. The Kier molecular flexibility index (Phi) is 6.16. The molecule has 138 valence electrons. The van der Waals surface area contributed by atoms with E-state index in [0.717, 1.165) is 5.69 Å². The van der Waals surface area contributed by atoms with Crippen molar-refractivity contribution in [1.82, 2.24) is 20.1 Å². The van der Waals surface area contributed by atoms with Gasteiger partial charge in [-0.25, -0.2) is 4.98 Å². The van der Waals surface area contributed by atoms with E-state index in [-0.39, 0.29) is 29.6 Å². The van der Waals surface area contributed by atoms with E-state index in [1.807, 2.05) is 20.8 Å². The quantitative estimate of drug-likeness (QED) is 0.869. The van der Waals surface area contributed by atoms with Crippen molar-refractivity contribution in [2.24, 2.45) is 0 Å². The fraction of sp³-hybridized carbons (Fsp3) is 0.647. The van der Waals surface area contributed by atoms with E-state index in [2.05, 4.69) is 10.3 Å². The molecule has 0 bridgehead atoms. The van der Waals surface area contributed by atoms with Gasteiger partial charge in [0.2, 0.25) is 11.8 Å². The molecule has 1 aromatic rings. The summed E-state index contributed by atoms with van der Waals surface area (Å²) < 4.78 is 0. The molecule has 0 radical (unpaired) electrons. The lowest BCUT2D eigenvalue weighted by molar-refractivity contribution is -0.138. The van der Waals surface area contributed by atoms with Crippen molar-refractivity contribution in [3.63, 3.8) is 0 Å². The van der Waals surface area contributed by atoms with E-state index in [4.69, 9.17) is 0 Å². The lowest BCUT2D eigenvalue weighted by Crippen LogP contribution is -2.50. The van der Waals surface area contributed by atoms with Gasteiger partial charge in [-0.15, -0.1) is 11.3 Å². The molecule has 1 aliphatic rings. The van der Waals surface area contributed by atoms with Crippen molar-refractivity contribution >= 4 is 29.1 Å². The van der Waals surface area contributed by atoms with E-state index >= 15 is 0 Å². The highest BCUT2D eigenvalue weighted by atomic mass is 32.1. The number of hydrogen-bond acceptors (Lipinski definition) is 5. The van der Waals surface area contributed by atoms with Crippen LogP contribution in [0.4, 0.5) is 0 Å². The highest BCUT2D eigenvalue weighted by molar-refractivity contribution is 7.11. The number of nitrogens with zero attached hydrogens (tertiary/aromatic N) is 3. The van der Waals surface area contributed by atoms with Gasteiger partial charge >= 0.3 is 0 Å². The van der Waals surface area contributed by atoms with Crippen molar-refractivity contribution in [3.05, 3.63) is 16.1 Å². The highest BCUT2D eigenvalue weighted by Gasteiger charge is 2.25. The number of amides is 3. The molecule has 1 fully saturated rings. The second kappa shape index (κ2) is 7.95. The molecule has 7 nitrogen and oxygen atoms in total. The SMILES string of the molecule is CC(=O)N1CCN(C(=O)CCNC(=O)c2scnc2C(C)(C)C)CC1. The van der Waals surface area contributed by atoms with Gasteiger partial charge in [0, 0.05) is 51.5 Å². The molecule has 1 N–H and O–H groups in total. The molecular weight excluding hydrogens is 340 g/mol. The Morgan fingerprint density at radius 1 is 1.16 bits per heavy atom. The molecular formula is C17H26N4O3S. The number of nitrogens with one attached hydrogen (secondary N) is 1. The van der Waals surface area contributed by atoms with Crippen LogP contribution in [0.5, 0.6) is 0 Å². The minimum atomic E-state index is -0.196. The standard InChI is InChI=1S/C17H26N4O3S/c1-12(22)20-7-9-21(10-8-20)13(23)5-6-18-16(24)14-15(17(2,3)4)19-11-25-14/h11H,5-10H2,1-4H3,(H,18,24). The maximum Gasteiger partial charge on any atom is 0.263 e. The zero-order chi connectivity index (χ0) is 18.6. The van der Waals surface area contributed by atoms with Crippen LogP contribution in [0.15, 0.2) is 5.51 Å². The number of aromatic nitrogens is 1. The minimum Gasteiger partial charge on any atom is -0.351 e. The maximum absolute atomic E-state index is 12.3. The van der Waals surface area contributed by atoms with Crippen LogP contribution in [-0.4, -0.2) is 65.2 Å². The Labute approximate surface area is 152 Å². The van der Waals surface area contributed by atoms with E-state index in [1.54, 1.807) is 15.3 Å². The number of thiazole rings is 1. The normalized spacial score (nSPS) is 15.2. The minimum absolute atomic E-state index is 0.00357. The average molecular weight is 366 g/mol. The lowest BCUT2D eigenvalue weighted by Gasteiger charge is -2.34. The Bertz CT molecular complexity index is 643. The van der Waals surface area contributed by atoms with Gasteiger partial charge in [-0.1, -0.05) is 20.8 Å². The summed E-state index contributed by atoms with van der Waals surface area (Å²) in [4.78, 5) is 44.3. The first-order valence-electron chi connectivity index (χ1n) is 8.45. The highest BCUT2D eigenvalue weighted by Crippen LogP contribution is 2.26. The molecule has 2 rings (SSSR count). The molecule has 0 unspecified atom stereocenters. The van der Waals surface area contributed by atoms with E-state index in [0.29, 0.717) is 37.6 Å². The predicted octanol–water partition coefficient (Wildman–Crippen LogP) is 1.25. The first-order valence-corrected chi connectivity index (χ1v) is 9.33. The van der Waals surface area contributed by atoms with Gasteiger partial charge < -0.3 is 15.1 Å². The van der Waals surface area contributed by atoms with Gasteiger partial charge in [0.1, 0.15) is 4.88 Å². The molecule has 0 spiro atoms. The van der Waals surface area contributed by atoms with Crippen molar-refractivity contribution in [2.75, 3.05) is 32.7 Å². The van der Waals surface area contributed by atoms with Gasteiger partial charge in [-0.2, -0.15) is 0 Å². The first-order chi connectivity index (χ1) is 11.7. The Morgan fingerprint density at radius 3 is 2.32 bits per heavy atom. The second-order valence-electron chi connectivity index (χ2n) is 7.17. The summed E-state index contributed by atoms with van der Waals surface area (Å²) in [5, 5.41) is 2.81. The third-order valence-electron chi connectivity index (χ3n) is 4.19. The Morgan fingerprint density at radius 2 is 1.76 bits per heavy atom. The molecule has 0 aliphatic carbocycles. The van der Waals surface area contributed by atoms with Crippen LogP contribution >= 0.6 is 11.3 Å². The van der Waals surface area contributed by atoms with Crippen molar-refractivity contribution < 1.29 is 14.4 Å². The number of hydrogen-bond donors (Lipinski definition) is 1. The molecule has 1 saturated heterocycles. The van der Waals surface area contributed by atoms with E-state index < -0.39 is 0 Å². The third kappa shape index (κ3) is 5.01. The van der Waals surface area contributed by atoms with Gasteiger partial charge in [0.05, 0.1) is 11.2 Å². The van der Waals surface area contributed by atoms with Crippen LogP contribution in [-0.2, 0) is 15.0 Å². The molecule has 0 aromatic carbocycles. The summed E-state index contributed by atoms with van der Waals surface area (Å²) in [6, 6.07) is 0. The summed E-state index contributed by atoms with van der Waals surface area (Å²) in [5.41, 5.74) is 2.26. The zero-order valence-corrected chi connectivity index (χ0v) is 16.1. The van der Waals surface area contributed by atoms with Crippen LogP contribution in [0.25, 0.3) is 0 Å². The fourth-order valence-corrected chi connectivity index (χ4v) is 3.65. The number of carbonyl (C=O) groups excluding carboxylic acids is 3. The molecule has 3 amide bonds. The van der Waals surface area contributed by atoms with Crippen LogP contribution in [0.3, 0.4) is 0 Å². The second-order valence-corrected chi connectivity index (χ2v) is 8.03. The van der Waals surface area contributed by atoms with Crippen LogP contribution < -0.4 is 5.32 Å². The molecule has 1 aromatic heterocycles. The lowest BCUT2D eigenvalue weighted by atomic mass is 9.91. The van der Waals surface area contributed by atoms with Crippen molar-refractivity contribution in [3.8, 4) is 0 Å².